The Labute approximate surface area is 118 Å². The largest absolute Gasteiger partial charge is 0.427 e. The van der Waals surface area contributed by atoms with Crippen molar-refractivity contribution in [3.8, 4) is 5.75 Å². The number of rotatable bonds is 6. The van der Waals surface area contributed by atoms with Gasteiger partial charge in [0.25, 0.3) is 5.91 Å². The molecule has 0 aliphatic heterocycles. The molecule has 6 nitrogen and oxygen atoms in total. The highest BCUT2D eigenvalue weighted by atomic mass is 16.7. The monoisotopic (exact) mass is 281 g/mol. The number of hydrogen-bond donors (Lipinski definition) is 0. The number of carbonyl (C=O) groups excluding carboxylic acids is 2. The molecule has 0 heterocycles. The minimum absolute atomic E-state index is 0.168. The highest BCUT2D eigenvalue weighted by Crippen LogP contribution is 2.14. The maximum atomic E-state index is 12.2. The van der Waals surface area contributed by atoms with Crippen LogP contribution in [0.3, 0.4) is 0 Å². The van der Waals surface area contributed by atoms with Crippen LogP contribution in [0.5, 0.6) is 5.75 Å². The van der Waals surface area contributed by atoms with Gasteiger partial charge in [-0.25, -0.2) is 0 Å². The maximum absolute atomic E-state index is 12.2. The van der Waals surface area contributed by atoms with E-state index in [1.807, 2.05) is 0 Å². The topological polar surface area (TPSA) is 65.1 Å². The molecule has 0 atom stereocenters. The van der Waals surface area contributed by atoms with Crippen molar-refractivity contribution < 1.29 is 23.8 Å². The zero-order valence-electron chi connectivity index (χ0n) is 12.1. The Morgan fingerprint density at radius 3 is 2.15 bits per heavy atom. The van der Waals surface area contributed by atoms with Gasteiger partial charge in [0, 0.05) is 33.8 Å². The molecule has 0 N–H and O–H groups in total. The Bertz CT molecular complexity index is 453. The average molecular weight is 281 g/mol. The molecule has 0 saturated carbocycles. The molecule has 110 valence electrons. The second kappa shape index (κ2) is 7.62. The molecule has 0 aliphatic carbocycles. The van der Waals surface area contributed by atoms with Crippen LogP contribution >= 0.6 is 0 Å². The molecule has 0 aliphatic rings. The van der Waals surface area contributed by atoms with Gasteiger partial charge >= 0.3 is 5.97 Å². The maximum Gasteiger partial charge on any atom is 0.308 e. The van der Waals surface area contributed by atoms with E-state index < -0.39 is 12.3 Å². The van der Waals surface area contributed by atoms with E-state index in [4.69, 9.17) is 14.2 Å². The van der Waals surface area contributed by atoms with Crippen molar-refractivity contribution in [1.29, 1.82) is 0 Å². The molecule has 1 amide bonds. The van der Waals surface area contributed by atoms with Crippen LogP contribution in [0.2, 0.25) is 0 Å². The van der Waals surface area contributed by atoms with E-state index in [9.17, 15) is 9.59 Å². The van der Waals surface area contributed by atoms with Crippen LogP contribution in [0, 0.1) is 0 Å². The third-order valence-corrected chi connectivity index (χ3v) is 2.66. The molecule has 0 fully saturated rings. The molecule has 0 unspecified atom stereocenters. The number of benzene rings is 1. The van der Waals surface area contributed by atoms with E-state index in [2.05, 4.69) is 0 Å². The zero-order valence-corrected chi connectivity index (χ0v) is 12.1. The molecule has 0 saturated heterocycles. The highest BCUT2D eigenvalue weighted by Gasteiger charge is 2.16. The number of methoxy groups -OCH3 is 2. The van der Waals surface area contributed by atoms with E-state index in [0.29, 0.717) is 17.9 Å². The molecular weight excluding hydrogens is 262 g/mol. The number of hydrogen-bond acceptors (Lipinski definition) is 5. The van der Waals surface area contributed by atoms with Crippen molar-refractivity contribution >= 4 is 11.9 Å². The molecule has 0 radical (unpaired) electrons. The van der Waals surface area contributed by atoms with Crippen LogP contribution in [-0.4, -0.2) is 50.9 Å². The molecule has 1 rings (SSSR count). The van der Waals surface area contributed by atoms with E-state index in [1.54, 1.807) is 31.3 Å². The Hall–Kier alpha value is -1.92. The Morgan fingerprint density at radius 2 is 1.70 bits per heavy atom. The molecule has 0 spiro atoms. The number of likely N-dealkylation sites (N-methyl/N-ethyl adjacent to an activating group) is 1. The first-order valence-electron chi connectivity index (χ1n) is 6.07. The second-order valence-electron chi connectivity index (χ2n) is 4.20. The number of carbonyl (C=O) groups is 2. The van der Waals surface area contributed by atoms with Crippen LogP contribution in [-0.2, 0) is 14.3 Å². The van der Waals surface area contributed by atoms with E-state index in [-0.39, 0.29) is 5.91 Å². The summed E-state index contributed by atoms with van der Waals surface area (Å²) in [6.45, 7) is 1.64. The number of ether oxygens (including phenoxy) is 3. The minimum atomic E-state index is -0.468. The van der Waals surface area contributed by atoms with Crippen LogP contribution in [0.15, 0.2) is 24.3 Å². The number of esters is 1. The summed E-state index contributed by atoms with van der Waals surface area (Å²) >= 11 is 0. The number of nitrogens with zero attached hydrogens (tertiary/aromatic N) is 1. The third-order valence-electron chi connectivity index (χ3n) is 2.66. The van der Waals surface area contributed by atoms with Gasteiger partial charge in [-0.1, -0.05) is 0 Å². The summed E-state index contributed by atoms with van der Waals surface area (Å²) in [5, 5.41) is 0. The van der Waals surface area contributed by atoms with Crippen molar-refractivity contribution in [1.82, 2.24) is 4.90 Å². The second-order valence-corrected chi connectivity index (χ2v) is 4.20. The molecule has 1 aromatic rings. The smallest absolute Gasteiger partial charge is 0.308 e. The van der Waals surface area contributed by atoms with Gasteiger partial charge in [0.1, 0.15) is 5.75 Å². The fraction of sp³-hybridized carbons (Fsp3) is 0.429. The summed E-state index contributed by atoms with van der Waals surface area (Å²) in [5.74, 6) is -0.161. The minimum Gasteiger partial charge on any atom is -0.427 e. The van der Waals surface area contributed by atoms with Gasteiger partial charge in [0.2, 0.25) is 0 Å². The van der Waals surface area contributed by atoms with Crippen LogP contribution in [0.25, 0.3) is 0 Å². The van der Waals surface area contributed by atoms with Gasteiger partial charge in [0.05, 0.1) is 6.54 Å². The third kappa shape index (κ3) is 4.64. The zero-order chi connectivity index (χ0) is 15.1. The van der Waals surface area contributed by atoms with Crippen LogP contribution < -0.4 is 4.74 Å². The van der Waals surface area contributed by atoms with Crippen LogP contribution in [0.4, 0.5) is 0 Å². The Balaban J connectivity index is 2.69. The highest BCUT2D eigenvalue weighted by molar-refractivity contribution is 5.94. The summed E-state index contributed by atoms with van der Waals surface area (Å²) in [7, 11) is 4.69. The quantitative estimate of drug-likeness (QED) is 0.447. The Morgan fingerprint density at radius 1 is 1.15 bits per heavy atom. The predicted molar refractivity (Wildman–Crippen MR) is 72.5 cm³/mol. The van der Waals surface area contributed by atoms with Gasteiger partial charge in [-0.15, -0.1) is 0 Å². The first-order valence-corrected chi connectivity index (χ1v) is 6.07. The molecule has 0 bridgehead atoms. The lowest BCUT2D eigenvalue weighted by Crippen LogP contribution is -2.36. The summed E-state index contributed by atoms with van der Waals surface area (Å²) < 4.78 is 15.0. The average Bonchev–Trinajstić information content (AvgIpc) is 2.43. The Kier molecular flexibility index (Phi) is 6.14. The first-order chi connectivity index (χ1) is 9.47. The van der Waals surface area contributed by atoms with Gasteiger partial charge in [0.15, 0.2) is 6.29 Å². The van der Waals surface area contributed by atoms with Crippen molar-refractivity contribution in [2.75, 3.05) is 27.8 Å². The lowest BCUT2D eigenvalue weighted by atomic mass is 10.2. The van der Waals surface area contributed by atoms with E-state index in [1.165, 1.54) is 26.0 Å². The fourth-order valence-electron chi connectivity index (χ4n) is 1.60. The van der Waals surface area contributed by atoms with Gasteiger partial charge < -0.3 is 19.1 Å². The van der Waals surface area contributed by atoms with Gasteiger partial charge in [-0.05, 0) is 24.3 Å². The van der Waals surface area contributed by atoms with Crippen molar-refractivity contribution in [2.45, 2.75) is 13.2 Å². The lowest BCUT2D eigenvalue weighted by molar-refractivity contribution is -0.131. The lowest BCUT2D eigenvalue weighted by Gasteiger charge is -2.22. The van der Waals surface area contributed by atoms with Gasteiger partial charge in [-0.2, -0.15) is 0 Å². The summed E-state index contributed by atoms with van der Waals surface area (Å²) in [6.07, 6.45) is -0.468. The van der Waals surface area contributed by atoms with Crippen LogP contribution in [0.1, 0.15) is 17.3 Å². The fourth-order valence-corrected chi connectivity index (χ4v) is 1.60. The summed E-state index contributed by atoms with van der Waals surface area (Å²) in [5.41, 5.74) is 0.495. The SMILES string of the molecule is COC(CN(C)C(=O)c1ccc(OC(C)=O)cc1)OC. The van der Waals surface area contributed by atoms with E-state index in [0.717, 1.165) is 0 Å². The normalized spacial score (nSPS) is 10.4. The standard InChI is InChI=1S/C14H19NO5/c1-10(16)20-12-7-5-11(6-8-12)14(17)15(2)9-13(18-3)19-4/h5-8,13H,9H2,1-4H3. The predicted octanol–water partition coefficient (Wildman–Crippen LogP) is 1.30. The van der Waals surface area contributed by atoms with Crippen molar-refractivity contribution in [3.63, 3.8) is 0 Å². The van der Waals surface area contributed by atoms with Crippen molar-refractivity contribution in [3.05, 3.63) is 29.8 Å². The van der Waals surface area contributed by atoms with E-state index >= 15 is 0 Å². The van der Waals surface area contributed by atoms with Crippen molar-refractivity contribution in [2.24, 2.45) is 0 Å². The molecular formula is C14H19NO5. The first kappa shape index (κ1) is 16.1. The molecule has 1 aromatic carbocycles. The molecule has 20 heavy (non-hydrogen) atoms. The molecule has 6 heteroatoms. The number of amides is 1. The van der Waals surface area contributed by atoms with Gasteiger partial charge in [-0.3, -0.25) is 9.59 Å². The summed E-state index contributed by atoms with van der Waals surface area (Å²) in [6, 6.07) is 6.36. The molecule has 0 aromatic heterocycles. The summed E-state index contributed by atoms with van der Waals surface area (Å²) in [4.78, 5) is 24.5.